The fraction of sp³-hybridized carbons (Fsp3) is 0.750. The third kappa shape index (κ3) is 3.22. The lowest BCUT2D eigenvalue weighted by Gasteiger charge is -2.30. The molecule has 8 heteroatoms. The van der Waals surface area contributed by atoms with E-state index in [1.165, 1.54) is 0 Å². The van der Waals surface area contributed by atoms with Crippen molar-refractivity contribution < 1.29 is 4.42 Å². The summed E-state index contributed by atoms with van der Waals surface area (Å²) in [5.74, 6) is 1.60. The third-order valence-corrected chi connectivity index (χ3v) is 4.34. The molecule has 1 fully saturated rings. The predicted octanol–water partition coefficient (Wildman–Crippen LogP) is 2.22. The molecule has 1 aliphatic heterocycles. The zero-order valence-corrected chi connectivity index (χ0v) is 15.0. The second kappa shape index (κ2) is 6.07. The van der Waals surface area contributed by atoms with Crippen LogP contribution in [0.1, 0.15) is 71.1 Å². The summed E-state index contributed by atoms with van der Waals surface area (Å²) in [4.78, 5) is 17.0. The van der Waals surface area contributed by atoms with Gasteiger partial charge in [-0.15, -0.1) is 5.10 Å². The number of nitrogens with one attached hydrogen (secondary N) is 1. The molecule has 3 heterocycles. The Labute approximate surface area is 141 Å². The molecule has 2 aromatic rings. The second-order valence-corrected chi connectivity index (χ2v) is 7.77. The SMILES string of the molecule is CC(C)c1nn(C2CCN(c3nnc(C(C)(C)C)o3)CC2)c(=O)[nH]1. The Balaban J connectivity index is 1.68. The van der Waals surface area contributed by atoms with Gasteiger partial charge in [-0.1, -0.05) is 39.7 Å². The maximum atomic E-state index is 12.1. The molecule has 0 saturated carbocycles. The highest BCUT2D eigenvalue weighted by Crippen LogP contribution is 2.27. The molecule has 0 aromatic carbocycles. The Kier molecular flexibility index (Phi) is 4.23. The molecule has 132 valence electrons. The fourth-order valence-electron chi connectivity index (χ4n) is 2.81. The van der Waals surface area contributed by atoms with Gasteiger partial charge in [-0.25, -0.2) is 9.48 Å². The Bertz CT molecular complexity index is 743. The lowest BCUT2D eigenvalue weighted by Crippen LogP contribution is -2.37. The summed E-state index contributed by atoms with van der Waals surface area (Å²) in [5.41, 5.74) is -0.274. The lowest BCUT2D eigenvalue weighted by atomic mass is 9.97. The summed E-state index contributed by atoms with van der Waals surface area (Å²) in [6.07, 6.45) is 1.66. The van der Waals surface area contributed by atoms with Crippen molar-refractivity contribution in [3.63, 3.8) is 0 Å². The summed E-state index contributed by atoms with van der Waals surface area (Å²) in [6, 6.07) is 0.679. The van der Waals surface area contributed by atoms with Gasteiger partial charge in [-0.2, -0.15) is 5.10 Å². The van der Waals surface area contributed by atoms with Crippen molar-refractivity contribution in [3.05, 3.63) is 22.2 Å². The van der Waals surface area contributed by atoms with Crippen molar-refractivity contribution in [3.8, 4) is 0 Å². The van der Waals surface area contributed by atoms with E-state index in [2.05, 4.69) is 25.2 Å². The van der Waals surface area contributed by atoms with Crippen LogP contribution in [-0.4, -0.2) is 38.1 Å². The molecule has 0 aliphatic carbocycles. The number of aromatic nitrogens is 5. The first kappa shape index (κ1) is 16.7. The molecule has 1 aliphatic rings. The first-order valence-electron chi connectivity index (χ1n) is 8.53. The summed E-state index contributed by atoms with van der Waals surface area (Å²) in [7, 11) is 0. The van der Waals surface area contributed by atoms with Crippen molar-refractivity contribution in [1.29, 1.82) is 0 Å². The van der Waals surface area contributed by atoms with Crippen molar-refractivity contribution >= 4 is 6.01 Å². The van der Waals surface area contributed by atoms with Gasteiger partial charge >= 0.3 is 11.7 Å². The molecular formula is C16H26N6O2. The number of hydrogen-bond donors (Lipinski definition) is 1. The number of rotatable bonds is 3. The Morgan fingerprint density at radius 3 is 2.38 bits per heavy atom. The van der Waals surface area contributed by atoms with Crippen LogP contribution < -0.4 is 10.6 Å². The van der Waals surface area contributed by atoms with Crippen LogP contribution in [0, 0.1) is 0 Å². The van der Waals surface area contributed by atoms with Gasteiger partial charge < -0.3 is 9.32 Å². The molecule has 0 spiro atoms. The molecule has 3 rings (SSSR count). The van der Waals surface area contributed by atoms with Crippen molar-refractivity contribution in [1.82, 2.24) is 25.0 Å². The van der Waals surface area contributed by atoms with Crippen LogP contribution in [0.25, 0.3) is 0 Å². The zero-order chi connectivity index (χ0) is 17.5. The van der Waals surface area contributed by atoms with E-state index in [0.29, 0.717) is 11.9 Å². The van der Waals surface area contributed by atoms with Crippen LogP contribution in [-0.2, 0) is 5.41 Å². The summed E-state index contributed by atoms with van der Waals surface area (Å²) in [5, 5.41) is 12.8. The topological polar surface area (TPSA) is 92.8 Å². The highest BCUT2D eigenvalue weighted by Gasteiger charge is 2.28. The van der Waals surface area contributed by atoms with Crippen LogP contribution in [0.4, 0.5) is 6.01 Å². The summed E-state index contributed by atoms with van der Waals surface area (Å²) >= 11 is 0. The quantitative estimate of drug-likeness (QED) is 0.925. The Morgan fingerprint density at radius 1 is 1.21 bits per heavy atom. The number of nitrogens with zero attached hydrogens (tertiary/aromatic N) is 5. The van der Waals surface area contributed by atoms with E-state index in [9.17, 15) is 4.79 Å². The van der Waals surface area contributed by atoms with E-state index < -0.39 is 0 Å². The number of H-pyrrole nitrogens is 1. The van der Waals surface area contributed by atoms with Gasteiger partial charge in [0.05, 0.1) is 6.04 Å². The highest BCUT2D eigenvalue weighted by atomic mass is 16.4. The van der Waals surface area contributed by atoms with E-state index in [0.717, 1.165) is 31.8 Å². The highest BCUT2D eigenvalue weighted by molar-refractivity contribution is 5.25. The molecule has 0 bridgehead atoms. The number of anilines is 1. The molecule has 0 radical (unpaired) electrons. The average molecular weight is 334 g/mol. The third-order valence-electron chi connectivity index (χ3n) is 4.34. The van der Waals surface area contributed by atoms with E-state index in [-0.39, 0.29) is 23.1 Å². The molecule has 0 atom stereocenters. The van der Waals surface area contributed by atoms with Gasteiger partial charge in [0.25, 0.3) is 0 Å². The van der Waals surface area contributed by atoms with Gasteiger partial charge in [-0.05, 0) is 12.8 Å². The smallest absolute Gasteiger partial charge is 0.343 e. The average Bonchev–Trinajstić information content (AvgIpc) is 3.14. The van der Waals surface area contributed by atoms with E-state index in [1.807, 2.05) is 34.6 Å². The molecule has 2 aromatic heterocycles. The summed E-state index contributed by atoms with van der Waals surface area (Å²) in [6.45, 7) is 11.7. The number of hydrogen-bond acceptors (Lipinski definition) is 6. The van der Waals surface area contributed by atoms with Crippen LogP contribution in [0.3, 0.4) is 0 Å². The standard InChI is InChI=1S/C16H26N6O2/c1-10(2)12-17-14(23)22(20-12)11-6-8-21(9-7-11)15-19-18-13(24-15)16(3,4)5/h10-11H,6-9H2,1-5H3,(H,17,20,23). The van der Waals surface area contributed by atoms with Gasteiger partial charge in [0.1, 0.15) is 5.82 Å². The van der Waals surface area contributed by atoms with E-state index in [1.54, 1.807) is 4.68 Å². The number of piperidine rings is 1. The van der Waals surface area contributed by atoms with Crippen molar-refractivity contribution in [2.45, 2.75) is 64.8 Å². The zero-order valence-electron chi connectivity index (χ0n) is 15.0. The molecule has 0 unspecified atom stereocenters. The van der Waals surface area contributed by atoms with Crippen LogP contribution >= 0.6 is 0 Å². The first-order chi connectivity index (χ1) is 11.3. The minimum absolute atomic E-state index is 0.113. The number of aromatic amines is 1. The predicted molar refractivity (Wildman–Crippen MR) is 90.4 cm³/mol. The van der Waals surface area contributed by atoms with Crippen LogP contribution in [0.15, 0.2) is 9.21 Å². The maximum absolute atomic E-state index is 12.1. The Hall–Kier alpha value is -2.12. The van der Waals surface area contributed by atoms with Crippen molar-refractivity contribution in [2.75, 3.05) is 18.0 Å². The van der Waals surface area contributed by atoms with Gasteiger partial charge in [-0.3, -0.25) is 4.98 Å². The maximum Gasteiger partial charge on any atom is 0.343 e. The molecule has 8 nitrogen and oxygen atoms in total. The largest absolute Gasteiger partial charge is 0.407 e. The Morgan fingerprint density at radius 2 is 1.88 bits per heavy atom. The van der Waals surface area contributed by atoms with Gasteiger partial charge in [0.15, 0.2) is 0 Å². The molecule has 1 saturated heterocycles. The lowest BCUT2D eigenvalue weighted by molar-refractivity contribution is 0.337. The van der Waals surface area contributed by atoms with Crippen LogP contribution in [0.5, 0.6) is 0 Å². The summed E-state index contributed by atoms with van der Waals surface area (Å²) < 4.78 is 7.40. The normalized spacial score (nSPS) is 17.0. The molecule has 24 heavy (non-hydrogen) atoms. The second-order valence-electron chi connectivity index (χ2n) is 7.77. The minimum atomic E-state index is -0.154. The minimum Gasteiger partial charge on any atom is -0.407 e. The van der Waals surface area contributed by atoms with Gasteiger partial charge in [0, 0.05) is 24.4 Å². The first-order valence-corrected chi connectivity index (χ1v) is 8.53. The molecular weight excluding hydrogens is 308 g/mol. The van der Waals surface area contributed by atoms with Crippen molar-refractivity contribution in [2.24, 2.45) is 0 Å². The van der Waals surface area contributed by atoms with E-state index >= 15 is 0 Å². The van der Waals surface area contributed by atoms with E-state index in [4.69, 9.17) is 4.42 Å². The fourth-order valence-corrected chi connectivity index (χ4v) is 2.81. The van der Waals surface area contributed by atoms with Crippen LogP contribution in [0.2, 0.25) is 0 Å². The van der Waals surface area contributed by atoms with Gasteiger partial charge in [0.2, 0.25) is 5.89 Å². The monoisotopic (exact) mass is 334 g/mol. The molecule has 0 amide bonds. The molecule has 1 N–H and O–H groups in total.